The monoisotopic (exact) mass is 632 g/mol. The Balaban J connectivity index is 1.07. The molecule has 13 nitrogen and oxygen atoms in total. The zero-order valence-electron chi connectivity index (χ0n) is 26.1. The molecular formula is C32H56N8O5. The van der Waals surface area contributed by atoms with Gasteiger partial charge in [0.05, 0.1) is 79.8 Å². The summed E-state index contributed by atoms with van der Waals surface area (Å²) in [4.78, 5) is 0. The Morgan fingerprint density at radius 2 is 0.622 bits per heavy atom. The molecule has 9 rings (SSSR count). The van der Waals surface area contributed by atoms with Crippen molar-refractivity contribution in [2.24, 2.45) is 47.3 Å². The van der Waals surface area contributed by atoms with Gasteiger partial charge in [0.25, 0.3) is 0 Å². The van der Waals surface area contributed by atoms with Gasteiger partial charge in [0.1, 0.15) is 0 Å². The van der Waals surface area contributed by atoms with Crippen molar-refractivity contribution in [2.75, 3.05) is 0 Å². The van der Waals surface area contributed by atoms with Crippen LogP contribution in [0.15, 0.2) is 0 Å². The van der Waals surface area contributed by atoms with Gasteiger partial charge in [0.2, 0.25) is 0 Å². The Morgan fingerprint density at radius 3 is 1.02 bits per heavy atom. The maximum absolute atomic E-state index is 11.4. The molecule has 4 aliphatic carbocycles. The molecule has 21 unspecified atom stereocenters. The molecule has 5 aliphatic heterocycles. The Hall–Kier alpha value is -0.520. The predicted octanol–water partition coefficient (Wildman–Crippen LogP) is -2.54. The minimum absolute atomic E-state index is 0.00207. The fourth-order valence-electron chi connectivity index (χ4n) is 12.0. The predicted molar refractivity (Wildman–Crippen MR) is 164 cm³/mol. The summed E-state index contributed by atoms with van der Waals surface area (Å²) < 4.78 is 0. The quantitative estimate of drug-likeness (QED) is 0.134. The Kier molecular flexibility index (Phi) is 8.02. The molecule has 8 bridgehead atoms. The van der Waals surface area contributed by atoms with Crippen molar-refractivity contribution >= 4 is 0 Å². The van der Waals surface area contributed by atoms with E-state index in [1.807, 2.05) is 0 Å². The molecule has 0 aromatic carbocycles. The molecule has 9 fully saturated rings. The van der Waals surface area contributed by atoms with E-state index >= 15 is 0 Å². The van der Waals surface area contributed by atoms with Crippen LogP contribution in [0.1, 0.15) is 70.6 Å². The van der Waals surface area contributed by atoms with Gasteiger partial charge in [-0.2, -0.15) is 0 Å². The van der Waals surface area contributed by atoms with Crippen molar-refractivity contribution in [3.63, 3.8) is 0 Å². The van der Waals surface area contributed by atoms with E-state index in [4.69, 9.17) is 0 Å². The third-order valence-electron chi connectivity index (χ3n) is 14.1. The van der Waals surface area contributed by atoms with E-state index in [1.54, 1.807) is 0 Å². The summed E-state index contributed by atoms with van der Waals surface area (Å²) >= 11 is 0. The molecule has 254 valence electrons. The van der Waals surface area contributed by atoms with E-state index in [0.29, 0.717) is 30.1 Å². The van der Waals surface area contributed by atoms with Crippen LogP contribution in [0.2, 0.25) is 0 Å². The highest BCUT2D eigenvalue weighted by Crippen LogP contribution is 2.46. The third kappa shape index (κ3) is 5.24. The summed E-state index contributed by atoms with van der Waals surface area (Å²) in [5.41, 5.74) is 0. The standard InChI is InChI=1S/C32H56N8O5/c41-12-1-4-15-19(9-12)29-33-25(15)35-30-21-11-14(43)3-6-17(21)27(37-30)39-32-23-18(7-8-22(44)24(23)45)28(40-32)38-31-20-10-13(42)2-5-16(20)26(34-29)36-31/h12-45H,1-11H2. The summed E-state index contributed by atoms with van der Waals surface area (Å²) in [6.07, 6.45) is 6.58. The minimum atomic E-state index is -0.810. The smallest absolute Gasteiger partial charge is 0.0858 e. The number of nitrogens with one attached hydrogen (secondary N) is 8. The Labute approximate surface area is 265 Å². The van der Waals surface area contributed by atoms with Crippen LogP contribution in [0.4, 0.5) is 0 Å². The van der Waals surface area contributed by atoms with Gasteiger partial charge in [-0.15, -0.1) is 0 Å². The third-order valence-corrected chi connectivity index (χ3v) is 14.1. The number of hydrogen-bond acceptors (Lipinski definition) is 13. The Bertz CT molecular complexity index is 1090. The van der Waals surface area contributed by atoms with E-state index < -0.39 is 12.2 Å². The molecule has 4 saturated carbocycles. The molecule has 45 heavy (non-hydrogen) atoms. The average Bonchev–Trinajstić information content (AvgIpc) is 3.73. The van der Waals surface area contributed by atoms with Crippen LogP contribution < -0.4 is 42.5 Å². The van der Waals surface area contributed by atoms with E-state index in [0.717, 1.165) is 64.2 Å². The molecule has 13 N–H and O–H groups in total. The second-order valence-corrected chi connectivity index (χ2v) is 16.4. The highest BCUT2D eigenvalue weighted by Gasteiger charge is 2.57. The topological polar surface area (TPSA) is 197 Å². The van der Waals surface area contributed by atoms with Crippen molar-refractivity contribution in [1.82, 2.24) is 42.5 Å². The van der Waals surface area contributed by atoms with Gasteiger partial charge >= 0.3 is 0 Å². The lowest BCUT2D eigenvalue weighted by Gasteiger charge is -2.39. The summed E-state index contributed by atoms with van der Waals surface area (Å²) in [6, 6.07) is 0. The van der Waals surface area contributed by atoms with Gasteiger partial charge in [-0.25, -0.2) is 0 Å². The number of rotatable bonds is 0. The van der Waals surface area contributed by atoms with E-state index in [9.17, 15) is 25.5 Å². The second kappa shape index (κ2) is 11.8. The number of aliphatic hydroxyl groups is 5. The average molecular weight is 633 g/mol. The van der Waals surface area contributed by atoms with Crippen LogP contribution in [0.3, 0.4) is 0 Å². The zero-order valence-corrected chi connectivity index (χ0v) is 26.1. The van der Waals surface area contributed by atoms with E-state index in [2.05, 4.69) is 42.5 Å². The normalized spacial score (nSPS) is 60.9. The van der Waals surface area contributed by atoms with Crippen molar-refractivity contribution in [3.05, 3.63) is 0 Å². The van der Waals surface area contributed by atoms with Crippen LogP contribution >= 0.6 is 0 Å². The van der Waals surface area contributed by atoms with Gasteiger partial charge in [0.15, 0.2) is 0 Å². The number of hydrogen-bond donors (Lipinski definition) is 13. The minimum Gasteiger partial charge on any atom is -0.393 e. The van der Waals surface area contributed by atoms with Gasteiger partial charge < -0.3 is 25.5 Å². The van der Waals surface area contributed by atoms with Gasteiger partial charge in [-0.3, -0.25) is 42.5 Å². The molecular weight excluding hydrogens is 576 g/mol. The van der Waals surface area contributed by atoms with Gasteiger partial charge in [-0.1, -0.05) is 0 Å². The molecule has 21 atom stereocenters. The number of aliphatic hydroxyl groups excluding tert-OH is 5. The van der Waals surface area contributed by atoms with Crippen LogP contribution in [0, 0.1) is 47.3 Å². The lowest BCUT2D eigenvalue weighted by molar-refractivity contribution is -0.0697. The summed E-state index contributed by atoms with van der Waals surface area (Å²) in [5.74, 6) is 1.94. The molecule has 0 spiro atoms. The van der Waals surface area contributed by atoms with E-state index in [-0.39, 0.29) is 91.3 Å². The summed E-state index contributed by atoms with van der Waals surface area (Å²) in [5, 5.41) is 86.0. The summed E-state index contributed by atoms with van der Waals surface area (Å²) in [7, 11) is 0. The van der Waals surface area contributed by atoms with Crippen LogP contribution in [0.25, 0.3) is 0 Å². The zero-order chi connectivity index (χ0) is 30.6. The maximum atomic E-state index is 11.4. The van der Waals surface area contributed by atoms with Crippen molar-refractivity contribution < 1.29 is 25.5 Å². The van der Waals surface area contributed by atoms with Crippen LogP contribution in [-0.2, 0) is 0 Å². The molecule has 5 heterocycles. The highest BCUT2D eigenvalue weighted by atomic mass is 16.3. The highest BCUT2D eigenvalue weighted by molar-refractivity contribution is 5.10. The largest absolute Gasteiger partial charge is 0.393 e. The second-order valence-electron chi connectivity index (χ2n) is 16.4. The van der Waals surface area contributed by atoms with Crippen molar-refractivity contribution in [1.29, 1.82) is 0 Å². The fourth-order valence-corrected chi connectivity index (χ4v) is 12.0. The maximum Gasteiger partial charge on any atom is 0.0858 e. The van der Waals surface area contributed by atoms with Gasteiger partial charge in [0, 0.05) is 5.92 Å². The Morgan fingerprint density at radius 1 is 0.311 bits per heavy atom. The molecule has 5 saturated heterocycles. The first kappa shape index (κ1) is 30.5. The first-order valence-corrected chi connectivity index (χ1v) is 18.3. The van der Waals surface area contributed by atoms with Crippen molar-refractivity contribution in [3.8, 4) is 0 Å². The summed E-state index contributed by atoms with van der Waals surface area (Å²) in [6.45, 7) is 0. The molecule has 13 heteroatoms. The van der Waals surface area contributed by atoms with Gasteiger partial charge in [-0.05, 0) is 112 Å². The lowest BCUT2D eigenvalue weighted by Crippen LogP contribution is -2.62. The molecule has 0 radical (unpaired) electrons. The first-order chi connectivity index (χ1) is 21.8. The fraction of sp³-hybridized carbons (Fsp3) is 1.00. The lowest BCUT2D eigenvalue weighted by atomic mass is 9.74. The molecule has 9 aliphatic rings. The van der Waals surface area contributed by atoms with Crippen LogP contribution in [-0.4, -0.2) is 105 Å². The molecule has 0 aromatic rings. The van der Waals surface area contributed by atoms with E-state index in [1.165, 1.54) is 0 Å². The first-order valence-electron chi connectivity index (χ1n) is 18.3. The van der Waals surface area contributed by atoms with Crippen LogP contribution in [0.5, 0.6) is 0 Å². The molecule has 0 aromatic heterocycles. The number of fused-ring (bicyclic) bond motifs is 20. The van der Waals surface area contributed by atoms with Crippen molar-refractivity contribution in [2.45, 2.75) is 150 Å². The SMILES string of the molecule is OC1CCC2C3NC(NC4NC(NC5NC(NC6NC(N3)C3CC(O)CCC63)C3C(O)C(O)CCC53)C3CC(O)CCC43)C2C1. The molecule has 0 amide bonds.